The predicted molar refractivity (Wildman–Crippen MR) is 103 cm³/mol. The van der Waals surface area contributed by atoms with Gasteiger partial charge in [0.15, 0.2) is 5.69 Å². The number of nitrogens with one attached hydrogen (secondary N) is 1. The zero-order valence-electron chi connectivity index (χ0n) is 15.1. The molecule has 3 rings (SSSR count). The van der Waals surface area contributed by atoms with Crippen molar-refractivity contribution in [1.82, 2.24) is 14.8 Å². The first-order chi connectivity index (χ1) is 13.0. The van der Waals surface area contributed by atoms with Crippen LogP contribution in [0.2, 0.25) is 0 Å². The highest BCUT2D eigenvalue weighted by Crippen LogP contribution is 2.24. The Balaban J connectivity index is 2.21. The quantitative estimate of drug-likeness (QED) is 0.698. The van der Waals surface area contributed by atoms with Crippen molar-refractivity contribution in [1.29, 1.82) is 0 Å². The first-order valence-corrected chi connectivity index (χ1v) is 8.60. The summed E-state index contributed by atoms with van der Waals surface area (Å²) in [5.74, 6) is -1.17. The minimum atomic E-state index is -1.17. The Hall–Kier alpha value is -3.48. The minimum Gasteiger partial charge on any atom is -0.476 e. The van der Waals surface area contributed by atoms with Crippen LogP contribution in [0.4, 0.5) is 11.4 Å². The van der Waals surface area contributed by atoms with Crippen LogP contribution >= 0.6 is 0 Å². The molecule has 0 atom stereocenters. The Kier molecular flexibility index (Phi) is 5.30. The van der Waals surface area contributed by atoms with Crippen LogP contribution in [0.1, 0.15) is 34.1 Å². The number of hydrogen-bond acceptors (Lipinski definition) is 5. The third kappa shape index (κ3) is 3.87. The molecule has 0 saturated heterocycles. The third-order valence-electron chi connectivity index (χ3n) is 4.28. The van der Waals surface area contributed by atoms with Crippen molar-refractivity contribution in [2.24, 2.45) is 0 Å². The molecular formula is C20H20N4O3. The zero-order valence-corrected chi connectivity index (χ0v) is 15.1. The Labute approximate surface area is 156 Å². The van der Waals surface area contributed by atoms with Crippen LogP contribution in [0.5, 0.6) is 0 Å². The second kappa shape index (κ2) is 7.82. The van der Waals surface area contributed by atoms with Crippen LogP contribution in [0.15, 0.2) is 53.6 Å². The lowest BCUT2D eigenvalue weighted by Crippen LogP contribution is -2.29. The molecule has 0 spiro atoms. The Morgan fingerprint density at radius 2 is 1.96 bits per heavy atom. The number of hydrogen-bond donors (Lipinski definition) is 2. The van der Waals surface area contributed by atoms with Crippen molar-refractivity contribution < 1.29 is 9.90 Å². The van der Waals surface area contributed by atoms with Gasteiger partial charge < -0.3 is 10.4 Å². The highest BCUT2D eigenvalue weighted by atomic mass is 16.4. The fourth-order valence-corrected chi connectivity index (χ4v) is 2.82. The van der Waals surface area contributed by atoms with E-state index in [2.05, 4.69) is 15.4 Å². The van der Waals surface area contributed by atoms with E-state index in [1.807, 2.05) is 43.3 Å². The van der Waals surface area contributed by atoms with E-state index >= 15 is 0 Å². The van der Waals surface area contributed by atoms with Crippen LogP contribution in [0.25, 0.3) is 0 Å². The first kappa shape index (κ1) is 18.3. The lowest BCUT2D eigenvalue weighted by atomic mass is 10.0. The number of benzene rings is 1. The summed E-state index contributed by atoms with van der Waals surface area (Å²) in [6.07, 6.45) is 3.54. The minimum absolute atomic E-state index is 0.135. The van der Waals surface area contributed by atoms with Crippen molar-refractivity contribution in [3.05, 3.63) is 81.5 Å². The van der Waals surface area contributed by atoms with E-state index in [0.29, 0.717) is 11.3 Å². The molecular weight excluding hydrogens is 344 g/mol. The van der Waals surface area contributed by atoms with Gasteiger partial charge in [-0.1, -0.05) is 30.3 Å². The van der Waals surface area contributed by atoms with Crippen molar-refractivity contribution >= 4 is 17.3 Å². The summed E-state index contributed by atoms with van der Waals surface area (Å²) >= 11 is 0. The third-order valence-corrected chi connectivity index (χ3v) is 4.28. The molecule has 2 aromatic heterocycles. The summed E-state index contributed by atoms with van der Waals surface area (Å²) in [7, 11) is 0. The largest absolute Gasteiger partial charge is 0.476 e. The standard InChI is InChI=1S/C20H20N4O3/c1-3-24-19(25)17(22-16-12-21-10-9-13(16)2)15(18(23-24)20(26)27)11-14-7-5-4-6-8-14/h4-10,12,22H,3,11H2,1-2H3,(H,26,27). The summed E-state index contributed by atoms with van der Waals surface area (Å²) in [5.41, 5.74) is 2.50. The number of aryl methyl sites for hydroxylation is 2. The molecule has 0 amide bonds. The van der Waals surface area contributed by atoms with Gasteiger partial charge in [-0.05, 0) is 31.0 Å². The maximum Gasteiger partial charge on any atom is 0.356 e. The van der Waals surface area contributed by atoms with E-state index in [-0.39, 0.29) is 29.9 Å². The van der Waals surface area contributed by atoms with Crippen LogP contribution in [0.3, 0.4) is 0 Å². The highest BCUT2D eigenvalue weighted by Gasteiger charge is 2.22. The molecule has 2 N–H and O–H groups in total. The van der Waals surface area contributed by atoms with Gasteiger partial charge in [0, 0.05) is 24.7 Å². The van der Waals surface area contributed by atoms with Gasteiger partial charge in [-0.25, -0.2) is 9.48 Å². The molecule has 0 aliphatic heterocycles. The lowest BCUT2D eigenvalue weighted by Gasteiger charge is -2.16. The maximum absolute atomic E-state index is 12.9. The van der Waals surface area contributed by atoms with Crippen LogP contribution in [-0.2, 0) is 13.0 Å². The van der Waals surface area contributed by atoms with E-state index in [0.717, 1.165) is 15.8 Å². The Morgan fingerprint density at radius 1 is 1.22 bits per heavy atom. The van der Waals surface area contributed by atoms with Gasteiger partial charge in [0.2, 0.25) is 0 Å². The van der Waals surface area contributed by atoms with Gasteiger partial charge in [0.25, 0.3) is 5.56 Å². The molecule has 27 heavy (non-hydrogen) atoms. The Bertz CT molecular complexity index is 1030. The van der Waals surface area contributed by atoms with Gasteiger partial charge >= 0.3 is 5.97 Å². The van der Waals surface area contributed by atoms with Crippen LogP contribution < -0.4 is 10.9 Å². The normalized spacial score (nSPS) is 10.6. The Morgan fingerprint density at radius 3 is 2.59 bits per heavy atom. The van der Waals surface area contributed by atoms with Crippen molar-refractivity contribution in [3.63, 3.8) is 0 Å². The van der Waals surface area contributed by atoms with E-state index in [9.17, 15) is 14.7 Å². The van der Waals surface area contributed by atoms with E-state index in [1.165, 1.54) is 0 Å². The summed E-state index contributed by atoms with van der Waals surface area (Å²) in [5, 5.41) is 16.8. The molecule has 0 unspecified atom stereocenters. The summed E-state index contributed by atoms with van der Waals surface area (Å²) in [6.45, 7) is 3.90. The molecule has 0 aliphatic rings. The number of rotatable bonds is 6. The van der Waals surface area contributed by atoms with Crippen molar-refractivity contribution in [3.8, 4) is 0 Å². The van der Waals surface area contributed by atoms with Gasteiger partial charge in [-0.2, -0.15) is 5.10 Å². The SMILES string of the molecule is CCn1nc(C(=O)O)c(Cc2ccccc2)c(Nc2cnccc2C)c1=O. The molecule has 0 aliphatic carbocycles. The predicted octanol–water partition coefficient (Wildman–Crippen LogP) is 3.00. The molecule has 7 nitrogen and oxygen atoms in total. The first-order valence-electron chi connectivity index (χ1n) is 8.60. The maximum atomic E-state index is 12.9. The second-order valence-corrected chi connectivity index (χ2v) is 6.11. The van der Waals surface area contributed by atoms with Crippen molar-refractivity contribution in [2.75, 3.05) is 5.32 Å². The van der Waals surface area contributed by atoms with Crippen molar-refractivity contribution in [2.45, 2.75) is 26.8 Å². The smallest absolute Gasteiger partial charge is 0.356 e. The number of carboxylic acid groups (broad SMARTS) is 1. The zero-order chi connectivity index (χ0) is 19.4. The van der Waals surface area contributed by atoms with Gasteiger partial charge in [0.05, 0.1) is 11.9 Å². The van der Waals surface area contributed by atoms with E-state index in [1.54, 1.807) is 19.3 Å². The second-order valence-electron chi connectivity index (χ2n) is 6.11. The number of aromatic carboxylic acids is 1. The topological polar surface area (TPSA) is 97.1 Å². The summed E-state index contributed by atoms with van der Waals surface area (Å²) in [6, 6.07) is 11.2. The average molecular weight is 364 g/mol. The summed E-state index contributed by atoms with van der Waals surface area (Å²) < 4.78 is 1.16. The number of carboxylic acids is 1. The lowest BCUT2D eigenvalue weighted by molar-refractivity contribution is 0.0686. The molecule has 1 aromatic carbocycles. The molecule has 138 valence electrons. The number of aromatic nitrogens is 3. The molecule has 2 heterocycles. The van der Waals surface area contributed by atoms with Crippen LogP contribution in [0, 0.1) is 6.92 Å². The van der Waals surface area contributed by atoms with E-state index < -0.39 is 5.97 Å². The number of pyridine rings is 1. The summed E-state index contributed by atoms with van der Waals surface area (Å²) in [4.78, 5) is 28.9. The average Bonchev–Trinajstić information content (AvgIpc) is 2.67. The molecule has 0 bridgehead atoms. The molecule has 3 aromatic rings. The van der Waals surface area contributed by atoms with Crippen LogP contribution in [-0.4, -0.2) is 25.8 Å². The monoisotopic (exact) mass is 364 g/mol. The number of carbonyl (C=O) groups is 1. The van der Waals surface area contributed by atoms with Gasteiger partial charge in [0.1, 0.15) is 5.69 Å². The number of anilines is 2. The highest BCUT2D eigenvalue weighted by molar-refractivity contribution is 5.89. The molecule has 0 saturated carbocycles. The van der Waals surface area contributed by atoms with Gasteiger partial charge in [-0.15, -0.1) is 0 Å². The van der Waals surface area contributed by atoms with E-state index in [4.69, 9.17) is 0 Å². The fraction of sp³-hybridized carbons (Fsp3) is 0.200. The number of nitrogens with zero attached hydrogens (tertiary/aromatic N) is 3. The molecule has 0 radical (unpaired) electrons. The van der Waals surface area contributed by atoms with Gasteiger partial charge in [-0.3, -0.25) is 9.78 Å². The molecule has 0 fully saturated rings. The molecule has 7 heteroatoms. The fourth-order valence-electron chi connectivity index (χ4n) is 2.82.